The van der Waals surface area contributed by atoms with Gasteiger partial charge < -0.3 is 9.84 Å². The maximum Gasteiger partial charge on any atom is 0.262 e. The molecule has 140 valence electrons. The Hall–Kier alpha value is -2.97. The molecule has 1 aliphatic rings. The van der Waals surface area contributed by atoms with Crippen LogP contribution < -0.4 is 10.3 Å². The maximum atomic E-state index is 12.5. The van der Waals surface area contributed by atoms with Gasteiger partial charge in [0, 0.05) is 21.8 Å². The molecule has 0 unspecified atom stereocenters. The molecule has 8 heteroatoms. The summed E-state index contributed by atoms with van der Waals surface area (Å²) >= 11 is 8.72. The lowest BCUT2D eigenvalue weighted by molar-refractivity contribution is 0.402. The van der Waals surface area contributed by atoms with E-state index in [4.69, 9.17) is 17.0 Å². The van der Waals surface area contributed by atoms with Crippen LogP contribution in [0.1, 0.15) is 11.1 Å². The summed E-state index contributed by atoms with van der Waals surface area (Å²) in [6, 6.07) is 12.8. The summed E-state index contributed by atoms with van der Waals surface area (Å²) in [7, 11) is 1.53. The van der Waals surface area contributed by atoms with Gasteiger partial charge in [0.1, 0.15) is 11.3 Å². The van der Waals surface area contributed by atoms with Gasteiger partial charge in [-0.1, -0.05) is 28.1 Å². The highest BCUT2D eigenvalue weighted by Gasteiger charge is 2.18. The largest absolute Gasteiger partial charge is 0.495 e. The Morgan fingerprint density at radius 2 is 2.07 bits per heavy atom. The zero-order valence-electron chi connectivity index (χ0n) is 14.6. The third-order valence-corrected chi connectivity index (χ3v) is 5.14. The molecule has 1 aliphatic heterocycles. The van der Waals surface area contributed by atoms with Crippen LogP contribution in [0.25, 0.3) is 17.3 Å². The first kappa shape index (κ1) is 18.4. The van der Waals surface area contributed by atoms with Crippen molar-refractivity contribution in [3.8, 4) is 17.3 Å². The van der Waals surface area contributed by atoms with Gasteiger partial charge in [0.05, 0.1) is 18.5 Å². The zero-order valence-corrected chi connectivity index (χ0v) is 17.0. The van der Waals surface area contributed by atoms with E-state index >= 15 is 0 Å². The summed E-state index contributed by atoms with van der Waals surface area (Å²) in [5.41, 5.74) is 2.47. The second-order valence-corrected chi connectivity index (χ2v) is 7.33. The fraction of sp³-hybridized carbons (Fsp3) is 0.0500. The number of para-hydroxylation sites is 2. The number of fused-ring (bicyclic) bond motifs is 1. The van der Waals surface area contributed by atoms with Gasteiger partial charge in [-0.15, -0.1) is 0 Å². The lowest BCUT2D eigenvalue weighted by Crippen LogP contribution is -2.16. The van der Waals surface area contributed by atoms with Gasteiger partial charge >= 0.3 is 0 Å². The molecule has 2 aromatic carbocycles. The number of benzene rings is 2. The van der Waals surface area contributed by atoms with Crippen LogP contribution in [0.15, 0.2) is 56.7 Å². The monoisotopic (exact) mass is 455 g/mol. The molecule has 3 aromatic rings. The van der Waals surface area contributed by atoms with E-state index in [1.807, 2.05) is 18.2 Å². The second kappa shape index (κ2) is 7.21. The number of allylic oxidation sites excluding steroid dienone is 1. The van der Waals surface area contributed by atoms with Gasteiger partial charge in [-0.05, 0) is 48.6 Å². The number of aromatic amines is 1. The van der Waals surface area contributed by atoms with Crippen LogP contribution in [-0.2, 0) is 0 Å². The van der Waals surface area contributed by atoms with E-state index in [-0.39, 0.29) is 16.2 Å². The van der Waals surface area contributed by atoms with Crippen molar-refractivity contribution in [3.63, 3.8) is 0 Å². The number of H-pyrrole nitrogens is 1. The average molecular weight is 456 g/mol. The summed E-state index contributed by atoms with van der Waals surface area (Å²) in [5, 5.41) is 10.9. The number of hydrogen-bond donors (Lipinski definition) is 2. The maximum absolute atomic E-state index is 12.5. The van der Waals surface area contributed by atoms with Crippen molar-refractivity contribution in [3.05, 3.63) is 73.2 Å². The zero-order chi connectivity index (χ0) is 19.8. The minimum absolute atomic E-state index is 0.0670. The van der Waals surface area contributed by atoms with Gasteiger partial charge in [-0.25, -0.2) is 0 Å². The Balaban J connectivity index is 1.94. The molecule has 0 fully saturated rings. The lowest BCUT2D eigenvalue weighted by atomic mass is 10.1. The van der Waals surface area contributed by atoms with Gasteiger partial charge in [0.25, 0.3) is 5.56 Å². The second-order valence-electron chi connectivity index (χ2n) is 6.02. The molecule has 0 bridgehead atoms. The summed E-state index contributed by atoms with van der Waals surface area (Å²) < 4.78 is 7.69. The SMILES string of the molecule is COc1ccccc1-n1c(O)c(C=C2C=Nc3ccc(Br)cc32)c(=O)[nH]c1=S. The molecule has 0 spiro atoms. The smallest absolute Gasteiger partial charge is 0.262 e. The topological polar surface area (TPSA) is 79.6 Å². The minimum atomic E-state index is -0.488. The van der Waals surface area contributed by atoms with Crippen molar-refractivity contribution in [1.82, 2.24) is 9.55 Å². The van der Waals surface area contributed by atoms with Gasteiger partial charge in [-0.2, -0.15) is 0 Å². The van der Waals surface area contributed by atoms with Crippen LogP contribution in [0.5, 0.6) is 11.6 Å². The Labute approximate surface area is 173 Å². The molecule has 0 saturated heterocycles. The molecule has 0 radical (unpaired) electrons. The average Bonchev–Trinajstić information content (AvgIpc) is 3.07. The predicted molar refractivity (Wildman–Crippen MR) is 116 cm³/mol. The molecule has 28 heavy (non-hydrogen) atoms. The highest BCUT2D eigenvalue weighted by Crippen LogP contribution is 2.35. The molecular formula is C20H14BrN3O3S. The number of aromatic nitrogens is 2. The van der Waals surface area contributed by atoms with Gasteiger partial charge in [0.15, 0.2) is 4.77 Å². The fourth-order valence-corrected chi connectivity index (χ4v) is 3.68. The molecular weight excluding hydrogens is 442 g/mol. The van der Waals surface area contributed by atoms with Crippen LogP contribution in [0.3, 0.4) is 0 Å². The number of ether oxygens (including phenoxy) is 1. The standard InChI is InChI=1S/C20H14BrN3O3S/c1-27-17-5-3-2-4-16(17)24-19(26)14(18(25)23-20(24)28)8-11-10-22-15-7-6-12(21)9-13(11)15/h2-10,26H,1H3,(H,23,25,28). The van der Waals surface area contributed by atoms with E-state index in [2.05, 4.69) is 25.9 Å². The first-order valence-corrected chi connectivity index (χ1v) is 9.47. The molecule has 0 saturated carbocycles. The Kier molecular flexibility index (Phi) is 4.74. The highest BCUT2D eigenvalue weighted by atomic mass is 79.9. The first-order chi connectivity index (χ1) is 13.5. The molecule has 1 aromatic heterocycles. The van der Waals surface area contributed by atoms with Crippen molar-refractivity contribution in [1.29, 1.82) is 0 Å². The van der Waals surface area contributed by atoms with Crippen molar-refractivity contribution in [2.45, 2.75) is 0 Å². The molecule has 0 aliphatic carbocycles. The lowest BCUT2D eigenvalue weighted by Gasteiger charge is -2.14. The Morgan fingerprint density at radius 1 is 1.29 bits per heavy atom. The minimum Gasteiger partial charge on any atom is -0.495 e. The molecule has 0 atom stereocenters. The Morgan fingerprint density at radius 3 is 2.86 bits per heavy atom. The normalized spacial score (nSPS) is 13.7. The third-order valence-electron chi connectivity index (χ3n) is 4.36. The number of nitrogens with one attached hydrogen (secondary N) is 1. The molecule has 6 nitrogen and oxygen atoms in total. The van der Waals surface area contributed by atoms with E-state index < -0.39 is 5.56 Å². The molecule has 0 amide bonds. The van der Waals surface area contributed by atoms with E-state index in [0.29, 0.717) is 17.0 Å². The van der Waals surface area contributed by atoms with Crippen LogP contribution in [0, 0.1) is 4.77 Å². The number of halogens is 1. The van der Waals surface area contributed by atoms with Crippen LogP contribution in [0.4, 0.5) is 5.69 Å². The van der Waals surface area contributed by atoms with E-state index in [9.17, 15) is 9.90 Å². The number of hydrogen-bond acceptors (Lipinski definition) is 5. The summed E-state index contributed by atoms with van der Waals surface area (Å²) in [4.78, 5) is 19.5. The molecule has 2 heterocycles. The van der Waals surface area contributed by atoms with Crippen LogP contribution in [-0.4, -0.2) is 28.0 Å². The molecule has 2 N–H and O–H groups in total. The number of methoxy groups -OCH3 is 1. The van der Waals surface area contributed by atoms with Crippen molar-refractivity contribution in [2.75, 3.05) is 7.11 Å². The van der Waals surface area contributed by atoms with Crippen molar-refractivity contribution < 1.29 is 9.84 Å². The van der Waals surface area contributed by atoms with Crippen LogP contribution in [0.2, 0.25) is 0 Å². The quantitative estimate of drug-likeness (QED) is 0.564. The highest BCUT2D eigenvalue weighted by molar-refractivity contribution is 9.10. The summed E-state index contributed by atoms with van der Waals surface area (Å²) in [5.74, 6) is 0.235. The first-order valence-electron chi connectivity index (χ1n) is 8.27. The van der Waals surface area contributed by atoms with E-state index in [1.165, 1.54) is 11.7 Å². The predicted octanol–water partition coefficient (Wildman–Crippen LogP) is 4.63. The number of aliphatic imine (C=N–C) groups is 1. The van der Waals surface area contributed by atoms with E-state index in [1.54, 1.807) is 36.6 Å². The van der Waals surface area contributed by atoms with Gasteiger partial charge in [-0.3, -0.25) is 19.3 Å². The third kappa shape index (κ3) is 3.10. The summed E-state index contributed by atoms with van der Waals surface area (Å²) in [6.45, 7) is 0. The number of aromatic hydroxyl groups is 1. The summed E-state index contributed by atoms with van der Waals surface area (Å²) in [6.07, 6.45) is 3.25. The van der Waals surface area contributed by atoms with Crippen molar-refractivity contribution in [2.24, 2.45) is 4.99 Å². The van der Waals surface area contributed by atoms with Gasteiger partial charge in [0.2, 0.25) is 5.88 Å². The van der Waals surface area contributed by atoms with E-state index in [0.717, 1.165) is 15.7 Å². The molecule has 4 rings (SSSR count). The Bertz CT molecular complexity index is 1270. The number of rotatable bonds is 3. The number of nitrogens with zero attached hydrogens (tertiary/aromatic N) is 2. The fourth-order valence-electron chi connectivity index (χ4n) is 3.04. The van der Waals surface area contributed by atoms with Crippen molar-refractivity contribution >= 4 is 51.7 Å². The van der Waals surface area contributed by atoms with Crippen LogP contribution >= 0.6 is 28.1 Å².